The van der Waals surface area contributed by atoms with Gasteiger partial charge in [0.15, 0.2) is 0 Å². The lowest BCUT2D eigenvalue weighted by atomic mass is 9.71. The molecule has 2 atom stereocenters. The summed E-state index contributed by atoms with van der Waals surface area (Å²) < 4.78 is 11.8. The number of nitrogens with zero attached hydrogens (tertiary/aromatic N) is 1. The van der Waals surface area contributed by atoms with Gasteiger partial charge in [-0.3, -0.25) is 0 Å². The standard InChI is InChI=1S/C25H36N2O2/c1-25(2)23(14-16-26-18-19-10-12-20(13-11-19)27(3)4)21(15-17-29-25)22-8-6-7-9-24(22)28-5/h6-13,21,23,26H,14-18H2,1-5H3. The summed E-state index contributed by atoms with van der Waals surface area (Å²) in [4.78, 5) is 2.13. The van der Waals surface area contributed by atoms with Crippen molar-refractivity contribution in [2.45, 2.75) is 44.8 Å². The molecule has 1 heterocycles. The normalized spacial score (nSPS) is 21.0. The van der Waals surface area contributed by atoms with Crippen molar-refractivity contribution < 1.29 is 9.47 Å². The molecule has 3 rings (SSSR count). The van der Waals surface area contributed by atoms with Crippen LogP contribution in [0.2, 0.25) is 0 Å². The highest BCUT2D eigenvalue weighted by Gasteiger charge is 2.41. The molecule has 0 aromatic heterocycles. The highest BCUT2D eigenvalue weighted by molar-refractivity contribution is 5.46. The van der Waals surface area contributed by atoms with Crippen molar-refractivity contribution in [1.82, 2.24) is 5.32 Å². The molecule has 29 heavy (non-hydrogen) atoms. The van der Waals surface area contributed by atoms with Crippen molar-refractivity contribution in [3.63, 3.8) is 0 Å². The van der Waals surface area contributed by atoms with Gasteiger partial charge in [-0.25, -0.2) is 0 Å². The number of anilines is 1. The van der Waals surface area contributed by atoms with Crippen LogP contribution in [-0.4, -0.2) is 40.0 Å². The van der Waals surface area contributed by atoms with Gasteiger partial charge in [-0.2, -0.15) is 0 Å². The number of hydrogen-bond donors (Lipinski definition) is 1. The monoisotopic (exact) mass is 396 g/mol. The van der Waals surface area contributed by atoms with E-state index in [1.165, 1.54) is 16.8 Å². The van der Waals surface area contributed by atoms with Crippen LogP contribution >= 0.6 is 0 Å². The molecular formula is C25H36N2O2. The Morgan fingerprint density at radius 3 is 2.52 bits per heavy atom. The summed E-state index contributed by atoms with van der Waals surface area (Å²) in [5.74, 6) is 1.89. The molecule has 4 nitrogen and oxygen atoms in total. The van der Waals surface area contributed by atoms with Crippen LogP contribution in [-0.2, 0) is 11.3 Å². The second kappa shape index (κ2) is 9.64. The molecule has 0 aliphatic carbocycles. The van der Waals surface area contributed by atoms with E-state index in [2.05, 4.69) is 80.6 Å². The van der Waals surface area contributed by atoms with Crippen molar-refractivity contribution in [3.8, 4) is 5.75 Å². The summed E-state index contributed by atoms with van der Waals surface area (Å²) in [5, 5.41) is 3.64. The van der Waals surface area contributed by atoms with Gasteiger partial charge in [0, 0.05) is 32.9 Å². The smallest absolute Gasteiger partial charge is 0.122 e. The summed E-state index contributed by atoms with van der Waals surface area (Å²) in [7, 11) is 5.90. The Kier molecular flexibility index (Phi) is 7.20. The Hall–Kier alpha value is -2.04. The maximum absolute atomic E-state index is 6.18. The zero-order valence-electron chi connectivity index (χ0n) is 18.6. The number of methoxy groups -OCH3 is 1. The molecular weight excluding hydrogens is 360 g/mol. The van der Waals surface area contributed by atoms with E-state index in [0.717, 1.165) is 38.3 Å². The Morgan fingerprint density at radius 2 is 1.83 bits per heavy atom. The molecule has 0 amide bonds. The number of nitrogens with one attached hydrogen (secondary N) is 1. The maximum atomic E-state index is 6.18. The van der Waals surface area contributed by atoms with Gasteiger partial charge in [0.1, 0.15) is 5.75 Å². The fourth-order valence-corrected chi connectivity index (χ4v) is 4.54. The van der Waals surface area contributed by atoms with Crippen LogP contribution in [0.15, 0.2) is 48.5 Å². The Balaban J connectivity index is 1.63. The molecule has 0 spiro atoms. The molecule has 1 saturated heterocycles. The molecule has 0 bridgehead atoms. The Labute approximate surface area is 176 Å². The van der Waals surface area contributed by atoms with Crippen molar-refractivity contribution >= 4 is 5.69 Å². The second-order valence-corrected chi connectivity index (χ2v) is 8.72. The van der Waals surface area contributed by atoms with Crippen LogP contribution in [0.25, 0.3) is 0 Å². The first-order valence-corrected chi connectivity index (χ1v) is 10.7. The minimum Gasteiger partial charge on any atom is -0.496 e. The largest absolute Gasteiger partial charge is 0.496 e. The fraction of sp³-hybridized carbons (Fsp3) is 0.520. The zero-order valence-corrected chi connectivity index (χ0v) is 18.6. The number of hydrogen-bond acceptors (Lipinski definition) is 4. The van der Waals surface area contributed by atoms with E-state index < -0.39 is 0 Å². The first-order chi connectivity index (χ1) is 13.9. The van der Waals surface area contributed by atoms with E-state index in [-0.39, 0.29) is 5.60 Å². The van der Waals surface area contributed by atoms with Crippen LogP contribution in [0, 0.1) is 5.92 Å². The van der Waals surface area contributed by atoms with Gasteiger partial charge in [-0.15, -0.1) is 0 Å². The summed E-state index contributed by atoms with van der Waals surface area (Å²) >= 11 is 0. The molecule has 0 radical (unpaired) electrons. The predicted molar refractivity (Wildman–Crippen MR) is 121 cm³/mol. The first-order valence-electron chi connectivity index (χ1n) is 10.7. The van der Waals surface area contributed by atoms with Gasteiger partial charge < -0.3 is 19.7 Å². The average Bonchev–Trinajstić information content (AvgIpc) is 2.72. The summed E-state index contributed by atoms with van der Waals surface area (Å²) in [6.07, 6.45) is 2.12. The van der Waals surface area contributed by atoms with Gasteiger partial charge in [0.2, 0.25) is 0 Å². The van der Waals surface area contributed by atoms with Crippen LogP contribution < -0.4 is 15.0 Å². The molecule has 1 N–H and O–H groups in total. The minimum atomic E-state index is -0.140. The van der Waals surface area contributed by atoms with Gasteiger partial charge in [-0.05, 0) is 74.4 Å². The number of benzene rings is 2. The molecule has 2 aromatic carbocycles. The molecule has 1 aliphatic heterocycles. The number of ether oxygens (including phenoxy) is 2. The van der Waals surface area contributed by atoms with Crippen molar-refractivity contribution in [1.29, 1.82) is 0 Å². The van der Waals surface area contributed by atoms with E-state index in [0.29, 0.717) is 11.8 Å². The zero-order chi connectivity index (χ0) is 20.9. The third-order valence-corrected chi connectivity index (χ3v) is 6.23. The van der Waals surface area contributed by atoms with Crippen molar-refractivity contribution in [3.05, 3.63) is 59.7 Å². The lowest BCUT2D eigenvalue weighted by Gasteiger charge is -2.44. The third-order valence-electron chi connectivity index (χ3n) is 6.23. The van der Waals surface area contributed by atoms with E-state index in [9.17, 15) is 0 Å². The van der Waals surface area contributed by atoms with Crippen LogP contribution in [0.3, 0.4) is 0 Å². The van der Waals surface area contributed by atoms with Crippen molar-refractivity contribution in [2.24, 2.45) is 5.92 Å². The fourth-order valence-electron chi connectivity index (χ4n) is 4.54. The van der Waals surface area contributed by atoms with Crippen LogP contribution in [0.5, 0.6) is 5.75 Å². The van der Waals surface area contributed by atoms with E-state index >= 15 is 0 Å². The topological polar surface area (TPSA) is 33.7 Å². The molecule has 158 valence electrons. The molecule has 1 fully saturated rings. The van der Waals surface area contributed by atoms with Crippen molar-refractivity contribution in [2.75, 3.05) is 39.3 Å². The van der Waals surface area contributed by atoms with Gasteiger partial charge >= 0.3 is 0 Å². The van der Waals surface area contributed by atoms with Gasteiger partial charge in [0.05, 0.1) is 12.7 Å². The van der Waals surface area contributed by atoms with E-state index in [4.69, 9.17) is 9.47 Å². The van der Waals surface area contributed by atoms with Crippen LogP contribution in [0.1, 0.15) is 43.7 Å². The molecule has 4 heteroatoms. The average molecular weight is 397 g/mol. The molecule has 1 aliphatic rings. The molecule has 2 aromatic rings. The quantitative estimate of drug-likeness (QED) is 0.648. The highest BCUT2D eigenvalue weighted by atomic mass is 16.5. The first kappa shape index (κ1) is 21.7. The highest BCUT2D eigenvalue weighted by Crippen LogP contribution is 2.45. The minimum absolute atomic E-state index is 0.140. The lowest BCUT2D eigenvalue weighted by Crippen LogP contribution is -2.44. The van der Waals surface area contributed by atoms with Crippen LogP contribution in [0.4, 0.5) is 5.69 Å². The molecule has 0 saturated carbocycles. The van der Waals surface area contributed by atoms with E-state index in [1.54, 1.807) is 7.11 Å². The number of rotatable bonds is 8. The van der Waals surface area contributed by atoms with Gasteiger partial charge in [0.25, 0.3) is 0 Å². The van der Waals surface area contributed by atoms with Gasteiger partial charge in [-0.1, -0.05) is 30.3 Å². The number of para-hydroxylation sites is 1. The summed E-state index contributed by atoms with van der Waals surface area (Å²) in [5.41, 5.74) is 3.72. The lowest BCUT2D eigenvalue weighted by molar-refractivity contribution is -0.106. The summed E-state index contributed by atoms with van der Waals surface area (Å²) in [6, 6.07) is 17.2. The Bertz CT molecular complexity index is 771. The SMILES string of the molecule is COc1ccccc1C1CCOC(C)(C)C1CCNCc1ccc(N(C)C)cc1. The summed E-state index contributed by atoms with van der Waals surface area (Å²) in [6.45, 7) is 7.13. The second-order valence-electron chi connectivity index (χ2n) is 8.72. The predicted octanol–water partition coefficient (Wildman–Crippen LogP) is 4.84. The molecule has 2 unspecified atom stereocenters. The Morgan fingerprint density at radius 1 is 1.10 bits per heavy atom. The maximum Gasteiger partial charge on any atom is 0.122 e. The third kappa shape index (κ3) is 5.31. The van der Waals surface area contributed by atoms with E-state index in [1.807, 2.05) is 6.07 Å².